The number of carbonyl (C=O) groups is 1. The molecule has 0 fully saturated rings. The third-order valence-corrected chi connectivity index (χ3v) is 5.76. The van der Waals surface area contributed by atoms with Crippen LogP contribution in [0.2, 0.25) is 0 Å². The van der Waals surface area contributed by atoms with Crippen LogP contribution in [0, 0.1) is 0 Å². The number of nitrogens with one attached hydrogen (secondary N) is 1. The monoisotopic (exact) mass is 485 g/mol. The zero-order chi connectivity index (χ0) is 25.2. The van der Waals surface area contributed by atoms with E-state index in [1.165, 1.54) is 5.56 Å². The van der Waals surface area contributed by atoms with E-state index in [9.17, 15) is 4.79 Å². The molecule has 0 spiro atoms. The Morgan fingerprint density at radius 2 is 1.64 bits per heavy atom. The fourth-order valence-electron chi connectivity index (χ4n) is 3.99. The van der Waals surface area contributed by atoms with E-state index in [4.69, 9.17) is 13.9 Å². The summed E-state index contributed by atoms with van der Waals surface area (Å²) in [7, 11) is 3.26. The van der Waals surface area contributed by atoms with Crippen LogP contribution >= 0.6 is 0 Å². The number of methoxy groups -OCH3 is 2. The van der Waals surface area contributed by atoms with E-state index in [2.05, 4.69) is 27.3 Å². The maximum absolute atomic E-state index is 12.6. The van der Waals surface area contributed by atoms with Gasteiger partial charge in [-0.25, -0.2) is 0 Å². The van der Waals surface area contributed by atoms with Gasteiger partial charge in [0.2, 0.25) is 0 Å². The number of benzene rings is 2. The number of hydrogen-bond acceptors (Lipinski definition) is 6. The minimum absolute atomic E-state index is 0.230. The first kappa shape index (κ1) is 25.0. The van der Waals surface area contributed by atoms with Crippen molar-refractivity contribution >= 4 is 5.91 Å². The summed E-state index contributed by atoms with van der Waals surface area (Å²) in [6.07, 6.45) is 2.41. The van der Waals surface area contributed by atoms with Crippen LogP contribution < -0.4 is 14.8 Å². The summed E-state index contributed by atoms with van der Waals surface area (Å²) in [5, 5.41) is 2.91. The Bertz CT molecular complexity index is 1240. The van der Waals surface area contributed by atoms with Crippen molar-refractivity contribution in [3.63, 3.8) is 0 Å². The van der Waals surface area contributed by atoms with Crippen molar-refractivity contribution in [3.8, 4) is 11.5 Å². The first-order chi connectivity index (χ1) is 17.6. The maximum atomic E-state index is 12.6. The van der Waals surface area contributed by atoms with Crippen molar-refractivity contribution in [3.05, 3.63) is 113 Å². The highest BCUT2D eigenvalue weighted by atomic mass is 16.5. The minimum atomic E-state index is -0.230. The Labute approximate surface area is 211 Å². The number of ether oxygens (including phenoxy) is 2. The Morgan fingerprint density at radius 1 is 0.861 bits per heavy atom. The van der Waals surface area contributed by atoms with Gasteiger partial charge in [-0.1, -0.05) is 42.5 Å². The fraction of sp³-hybridized carbons (Fsp3) is 0.241. The van der Waals surface area contributed by atoms with Gasteiger partial charge < -0.3 is 19.2 Å². The number of aromatic nitrogens is 1. The van der Waals surface area contributed by atoms with E-state index in [0.29, 0.717) is 43.3 Å². The summed E-state index contributed by atoms with van der Waals surface area (Å²) in [6.45, 7) is 2.43. The minimum Gasteiger partial charge on any atom is -0.493 e. The molecule has 1 amide bonds. The number of nitrogens with zero attached hydrogens (tertiary/aromatic N) is 2. The van der Waals surface area contributed by atoms with Gasteiger partial charge in [0.25, 0.3) is 5.91 Å². The molecule has 7 heteroatoms. The van der Waals surface area contributed by atoms with Crippen molar-refractivity contribution in [1.82, 2.24) is 15.2 Å². The molecule has 0 unspecified atom stereocenters. The first-order valence-corrected chi connectivity index (χ1v) is 11.9. The highest BCUT2D eigenvalue weighted by Crippen LogP contribution is 2.28. The molecule has 2 aromatic carbocycles. The lowest BCUT2D eigenvalue weighted by atomic mass is 10.1. The molecule has 1 N–H and O–H groups in total. The SMILES string of the molecule is COc1ccc(CN(Cc2ccccc2)Cc2ccc(C(=O)NCCc3ccccn3)o2)cc1OC. The lowest BCUT2D eigenvalue weighted by Gasteiger charge is -2.22. The topological polar surface area (TPSA) is 76.8 Å². The predicted octanol–water partition coefficient (Wildman–Crippen LogP) is 4.87. The van der Waals surface area contributed by atoms with Crippen LogP contribution in [-0.4, -0.2) is 36.6 Å². The third-order valence-electron chi connectivity index (χ3n) is 5.76. The van der Waals surface area contributed by atoms with Crippen LogP contribution in [0.25, 0.3) is 0 Å². The zero-order valence-electron chi connectivity index (χ0n) is 20.6. The Hall–Kier alpha value is -4.10. The van der Waals surface area contributed by atoms with Gasteiger partial charge in [-0.05, 0) is 47.5 Å². The zero-order valence-corrected chi connectivity index (χ0v) is 20.6. The van der Waals surface area contributed by atoms with Crippen molar-refractivity contribution < 1.29 is 18.7 Å². The molecule has 36 heavy (non-hydrogen) atoms. The smallest absolute Gasteiger partial charge is 0.287 e. The molecule has 0 radical (unpaired) electrons. The molecule has 0 aliphatic rings. The molecule has 0 aliphatic heterocycles. The van der Waals surface area contributed by atoms with Crippen LogP contribution in [0.5, 0.6) is 11.5 Å². The van der Waals surface area contributed by atoms with Crippen LogP contribution in [0.1, 0.15) is 33.1 Å². The van der Waals surface area contributed by atoms with Gasteiger partial charge in [0, 0.05) is 37.9 Å². The Balaban J connectivity index is 1.42. The van der Waals surface area contributed by atoms with E-state index < -0.39 is 0 Å². The average molecular weight is 486 g/mol. The van der Waals surface area contributed by atoms with Gasteiger partial charge in [-0.15, -0.1) is 0 Å². The van der Waals surface area contributed by atoms with Crippen LogP contribution in [0.3, 0.4) is 0 Å². The first-order valence-electron chi connectivity index (χ1n) is 11.9. The highest BCUT2D eigenvalue weighted by molar-refractivity contribution is 5.91. The van der Waals surface area contributed by atoms with Gasteiger partial charge in [-0.2, -0.15) is 0 Å². The number of hydrogen-bond donors (Lipinski definition) is 1. The summed E-state index contributed by atoms with van der Waals surface area (Å²) < 4.78 is 16.8. The highest BCUT2D eigenvalue weighted by Gasteiger charge is 2.15. The van der Waals surface area contributed by atoms with E-state index in [0.717, 1.165) is 23.6 Å². The molecule has 186 valence electrons. The predicted molar refractivity (Wildman–Crippen MR) is 138 cm³/mol. The Morgan fingerprint density at radius 3 is 2.39 bits per heavy atom. The second-order valence-electron chi connectivity index (χ2n) is 8.41. The molecule has 4 rings (SSSR count). The number of amides is 1. The maximum Gasteiger partial charge on any atom is 0.287 e. The molecule has 0 aliphatic carbocycles. The lowest BCUT2D eigenvalue weighted by Crippen LogP contribution is -2.25. The van der Waals surface area contributed by atoms with E-state index in [1.54, 1.807) is 26.5 Å². The molecule has 7 nitrogen and oxygen atoms in total. The fourth-order valence-corrected chi connectivity index (χ4v) is 3.99. The number of furan rings is 1. The van der Waals surface area contributed by atoms with Crippen LogP contribution in [-0.2, 0) is 26.1 Å². The van der Waals surface area contributed by atoms with Crippen LogP contribution in [0.4, 0.5) is 0 Å². The summed E-state index contributed by atoms with van der Waals surface area (Å²) >= 11 is 0. The molecule has 2 heterocycles. The standard InChI is InChI=1S/C29H31N3O4/c1-34-26-13-11-23(18-28(26)35-2)20-32(19-22-8-4-3-5-9-22)21-25-12-14-27(36-25)29(33)31-17-15-24-10-6-7-16-30-24/h3-14,16,18H,15,17,19-21H2,1-2H3,(H,31,33). The average Bonchev–Trinajstić information content (AvgIpc) is 3.38. The van der Waals surface area contributed by atoms with Crippen molar-refractivity contribution in [2.75, 3.05) is 20.8 Å². The van der Waals surface area contributed by atoms with Gasteiger partial charge in [0.15, 0.2) is 17.3 Å². The second kappa shape index (κ2) is 12.6. The quantitative estimate of drug-likeness (QED) is 0.309. The van der Waals surface area contributed by atoms with Gasteiger partial charge in [-0.3, -0.25) is 14.7 Å². The number of pyridine rings is 1. The summed E-state index contributed by atoms with van der Waals surface area (Å²) in [5.41, 5.74) is 3.21. The normalized spacial score (nSPS) is 10.9. The van der Waals surface area contributed by atoms with Gasteiger partial charge >= 0.3 is 0 Å². The molecular formula is C29H31N3O4. The van der Waals surface area contributed by atoms with E-state index >= 15 is 0 Å². The van der Waals surface area contributed by atoms with E-state index in [1.807, 2.05) is 60.7 Å². The number of carbonyl (C=O) groups excluding carboxylic acids is 1. The molecule has 0 saturated heterocycles. The molecule has 0 saturated carbocycles. The molecule has 0 atom stereocenters. The van der Waals surface area contributed by atoms with E-state index in [-0.39, 0.29) is 5.91 Å². The third kappa shape index (κ3) is 6.96. The Kier molecular flexibility index (Phi) is 8.72. The summed E-state index contributed by atoms with van der Waals surface area (Å²) in [5.74, 6) is 2.18. The molecule has 4 aromatic rings. The van der Waals surface area contributed by atoms with Crippen molar-refractivity contribution in [1.29, 1.82) is 0 Å². The molecular weight excluding hydrogens is 454 g/mol. The summed E-state index contributed by atoms with van der Waals surface area (Å²) in [6, 6.07) is 25.5. The second-order valence-corrected chi connectivity index (χ2v) is 8.41. The van der Waals surface area contributed by atoms with Crippen molar-refractivity contribution in [2.24, 2.45) is 0 Å². The lowest BCUT2D eigenvalue weighted by molar-refractivity contribution is 0.0922. The van der Waals surface area contributed by atoms with Crippen molar-refractivity contribution in [2.45, 2.75) is 26.1 Å². The van der Waals surface area contributed by atoms with Gasteiger partial charge in [0.1, 0.15) is 5.76 Å². The largest absolute Gasteiger partial charge is 0.493 e. The number of rotatable bonds is 12. The van der Waals surface area contributed by atoms with Crippen LogP contribution in [0.15, 0.2) is 89.5 Å². The van der Waals surface area contributed by atoms with Gasteiger partial charge in [0.05, 0.1) is 20.8 Å². The summed E-state index contributed by atoms with van der Waals surface area (Å²) in [4.78, 5) is 19.1. The molecule has 0 bridgehead atoms. The molecule has 2 aromatic heterocycles.